The van der Waals surface area contributed by atoms with Gasteiger partial charge in [0.1, 0.15) is 11.9 Å². The maximum atomic E-state index is 12.6. The van der Waals surface area contributed by atoms with Crippen LogP contribution in [0, 0.1) is 0 Å². The third kappa shape index (κ3) is 4.49. The summed E-state index contributed by atoms with van der Waals surface area (Å²) in [4.78, 5) is 42.5. The Morgan fingerprint density at radius 3 is 2.70 bits per heavy atom. The molecule has 0 bridgehead atoms. The Hall–Kier alpha value is -3.22. The highest BCUT2D eigenvalue weighted by Gasteiger charge is 2.31. The third-order valence-corrected chi connectivity index (χ3v) is 4.57. The molecule has 1 atom stereocenters. The molecule has 0 spiro atoms. The summed E-state index contributed by atoms with van der Waals surface area (Å²) < 4.78 is 0. The second-order valence-electron chi connectivity index (χ2n) is 6.44. The van der Waals surface area contributed by atoms with Crippen molar-refractivity contribution in [3.8, 4) is 0 Å². The highest BCUT2D eigenvalue weighted by Crippen LogP contribution is 2.23. The summed E-state index contributed by atoms with van der Waals surface area (Å²) in [5, 5.41) is 5.14. The van der Waals surface area contributed by atoms with Gasteiger partial charge < -0.3 is 10.6 Å². The summed E-state index contributed by atoms with van der Waals surface area (Å²) in [6.45, 7) is 0.351. The van der Waals surface area contributed by atoms with E-state index in [2.05, 4.69) is 15.6 Å². The lowest BCUT2D eigenvalue weighted by Gasteiger charge is -2.21. The molecule has 2 aromatic rings. The summed E-state index contributed by atoms with van der Waals surface area (Å²) in [6.07, 6.45) is 3.28. The lowest BCUT2D eigenvalue weighted by Crippen LogP contribution is -2.51. The minimum absolute atomic E-state index is 0.280. The lowest BCUT2D eigenvalue weighted by molar-refractivity contribution is -0.140. The third-order valence-electron chi connectivity index (χ3n) is 4.57. The molecule has 1 unspecified atom stereocenters. The van der Waals surface area contributed by atoms with Gasteiger partial charge >= 0.3 is 11.8 Å². The van der Waals surface area contributed by atoms with Gasteiger partial charge in [-0.25, -0.2) is 4.98 Å². The molecule has 3 rings (SSSR count). The quantitative estimate of drug-likeness (QED) is 0.785. The Kier molecular flexibility index (Phi) is 5.80. The van der Waals surface area contributed by atoms with Crippen LogP contribution >= 0.6 is 0 Å². The minimum Gasteiger partial charge on any atom is -0.348 e. The van der Waals surface area contributed by atoms with Crippen molar-refractivity contribution in [3.63, 3.8) is 0 Å². The SMILES string of the molecule is CN1C(=O)C(NC(=O)C(=O)NCCc2ccccc2)CCc2cccnc21. The normalized spacial score (nSPS) is 16.3. The second-order valence-corrected chi connectivity index (χ2v) is 6.44. The van der Waals surface area contributed by atoms with Crippen LogP contribution in [0.3, 0.4) is 0 Å². The molecule has 0 radical (unpaired) electrons. The number of benzene rings is 1. The number of hydrogen-bond donors (Lipinski definition) is 2. The highest BCUT2D eigenvalue weighted by atomic mass is 16.2. The number of carbonyl (C=O) groups is 3. The van der Waals surface area contributed by atoms with Crippen LogP contribution in [0.1, 0.15) is 17.5 Å². The lowest BCUT2D eigenvalue weighted by atomic mass is 10.1. The van der Waals surface area contributed by atoms with Gasteiger partial charge in [0.05, 0.1) is 0 Å². The number of anilines is 1. The number of hydrogen-bond acceptors (Lipinski definition) is 4. The van der Waals surface area contributed by atoms with Crippen LogP contribution in [0.4, 0.5) is 5.82 Å². The molecular formula is C20H22N4O3. The molecule has 1 aliphatic rings. The average molecular weight is 366 g/mol. The number of likely N-dealkylation sites (N-methyl/N-ethyl adjacent to an activating group) is 1. The Labute approximate surface area is 157 Å². The largest absolute Gasteiger partial charge is 0.348 e. The summed E-state index contributed by atoms with van der Waals surface area (Å²) in [6, 6.07) is 12.6. The fraction of sp³-hybridized carbons (Fsp3) is 0.300. The standard InChI is InChI=1S/C20H22N4O3/c1-24-17-15(8-5-12-21-17)9-10-16(20(24)27)23-19(26)18(25)22-13-11-14-6-3-2-4-7-14/h2-8,12,16H,9-11,13H2,1H3,(H,22,25)(H,23,26). The first kappa shape index (κ1) is 18.6. The van der Waals surface area contributed by atoms with E-state index in [0.29, 0.717) is 31.6 Å². The van der Waals surface area contributed by atoms with Crippen molar-refractivity contribution in [2.45, 2.75) is 25.3 Å². The van der Waals surface area contributed by atoms with Gasteiger partial charge in [0.2, 0.25) is 5.91 Å². The molecule has 0 aliphatic carbocycles. The second kappa shape index (κ2) is 8.44. The zero-order valence-corrected chi connectivity index (χ0v) is 15.1. The number of fused-ring (bicyclic) bond motifs is 1. The molecule has 2 N–H and O–H groups in total. The zero-order valence-electron chi connectivity index (χ0n) is 15.1. The van der Waals surface area contributed by atoms with E-state index in [4.69, 9.17) is 0 Å². The van der Waals surface area contributed by atoms with Gasteiger partial charge in [-0.05, 0) is 36.5 Å². The van der Waals surface area contributed by atoms with E-state index in [1.807, 2.05) is 42.5 Å². The Bertz CT molecular complexity index is 838. The predicted molar refractivity (Wildman–Crippen MR) is 101 cm³/mol. The first-order chi connectivity index (χ1) is 13.1. The number of aromatic nitrogens is 1. The summed E-state index contributed by atoms with van der Waals surface area (Å²) in [7, 11) is 1.62. The van der Waals surface area contributed by atoms with Crippen LogP contribution in [0.2, 0.25) is 0 Å². The minimum atomic E-state index is -0.797. The number of nitrogens with one attached hydrogen (secondary N) is 2. The number of rotatable bonds is 4. The first-order valence-corrected chi connectivity index (χ1v) is 8.90. The Balaban J connectivity index is 1.54. The molecule has 1 aliphatic heterocycles. The molecule has 7 nitrogen and oxygen atoms in total. The van der Waals surface area contributed by atoms with Gasteiger partial charge in [0.15, 0.2) is 0 Å². The first-order valence-electron chi connectivity index (χ1n) is 8.90. The van der Waals surface area contributed by atoms with E-state index in [1.165, 1.54) is 4.90 Å². The van der Waals surface area contributed by atoms with Gasteiger partial charge in [0, 0.05) is 19.8 Å². The Morgan fingerprint density at radius 2 is 1.93 bits per heavy atom. The van der Waals surface area contributed by atoms with Crippen LogP contribution in [-0.4, -0.2) is 42.3 Å². The molecule has 1 aromatic heterocycles. The smallest absolute Gasteiger partial charge is 0.309 e. The summed E-state index contributed by atoms with van der Waals surface area (Å²) in [5.41, 5.74) is 2.02. The molecule has 7 heteroatoms. The van der Waals surface area contributed by atoms with Crippen molar-refractivity contribution in [1.29, 1.82) is 0 Å². The molecule has 0 fully saturated rings. The topological polar surface area (TPSA) is 91.4 Å². The van der Waals surface area contributed by atoms with Crippen molar-refractivity contribution >= 4 is 23.5 Å². The molecule has 0 saturated heterocycles. The number of amides is 3. The van der Waals surface area contributed by atoms with E-state index < -0.39 is 17.9 Å². The van der Waals surface area contributed by atoms with Crippen molar-refractivity contribution in [2.75, 3.05) is 18.5 Å². The van der Waals surface area contributed by atoms with Gasteiger partial charge in [-0.3, -0.25) is 19.3 Å². The average Bonchev–Trinajstić information content (AvgIpc) is 2.81. The van der Waals surface area contributed by atoms with Crippen LogP contribution in [0.5, 0.6) is 0 Å². The van der Waals surface area contributed by atoms with Gasteiger partial charge in [-0.15, -0.1) is 0 Å². The monoisotopic (exact) mass is 366 g/mol. The van der Waals surface area contributed by atoms with E-state index in [0.717, 1.165) is 11.1 Å². The number of nitrogens with zero attached hydrogens (tertiary/aromatic N) is 2. The van der Waals surface area contributed by atoms with Crippen LogP contribution in [0.15, 0.2) is 48.7 Å². The molecular weight excluding hydrogens is 344 g/mol. The van der Waals surface area contributed by atoms with Crippen LogP contribution < -0.4 is 15.5 Å². The maximum Gasteiger partial charge on any atom is 0.309 e. The van der Waals surface area contributed by atoms with E-state index in [9.17, 15) is 14.4 Å². The van der Waals surface area contributed by atoms with Crippen LogP contribution in [-0.2, 0) is 27.2 Å². The maximum absolute atomic E-state index is 12.6. The van der Waals surface area contributed by atoms with Crippen molar-refractivity contribution < 1.29 is 14.4 Å². The zero-order chi connectivity index (χ0) is 19.2. The van der Waals surface area contributed by atoms with Crippen molar-refractivity contribution in [2.24, 2.45) is 0 Å². The Morgan fingerprint density at radius 1 is 1.15 bits per heavy atom. The number of carbonyl (C=O) groups excluding carboxylic acids is 3. The number of pyridine rings is 1. The molecule has 1 aromatic carbocycles. The number of aryl methyl sites for hydroxylation is 1. The van der Waals surface area contributed by atoms with E-state index in [1.54, 1.807) is 13.2 Å². The fourth-order valence-electron chi connectivity index (χ4n) is 3.09. The van der Waals surface area contributed by atoms with Gasteiger partial charge in [-0.1, -0.05) is 36.4 Å². The molecule has 0 saturated carbocycles. The predicted octanol–water partition coefficient (Wildman–Crippen LogP) is 0.834. The summed E-state index contributed by atoms with van der Waals surface area (Å²) >= 11 is 0. The van der Waals surface area contributed by atoms with Gasteiger partial charge in [-0.2, -0.15) is 0 Å². The van der Waals surface area contributed by atoms with Crippen molar-refractivity contribution in [1.82, 2.24) is 15.6 Å². The van der Waals surface area contributed by atoms with Crippen LogP contribution in [0.25, 0.3) is 0 Å². The van der Waals surface area contributed by atoms with Crippen molar-refractivity contribution in [3.05, 3.63) is 59.8 Å². The molecule has 2 heterocycles. The van der Waals surface area contributed by atoms with Gasteiger partial charge in [0.25, 0.3) is 0 Å². The van der Waals surface area contributed by atoms with E-state index in [-0.39, 0.29) is 5.91 Å². The highest BCUT2D eigenvalue weighted by molar-refractivity contribution is 6.35. The molecule has 140 valence electrons. The van der Waals surface area contributed by atoms with E-state index >= 15 is 0 Å². The summed E-state index contributed by atoms with van der Waals surface area (Å²) in [5.74, 6) is -1.22. The molecule has 27 heavy (non-hydrogen) atoms. The molecule has 3 amide bonds. The fourth-order valence-corrected chi connectivity index (χ4v) is 3.09.